The van der Waals surface area contributed by atoms with Gasteiger partial charge in [0.15, 0.2) is 0 Å². The van der Waals surface area contributed by atoms with E-state index in [1.807, 2.05) is 29.8 Å². The molecule has 0 atom stereocenters. The Morgan fingerprint density at radius 2 is 1.23 bits per heavy atom. The van der Waals surface area contributed by atoms with Gasteiger partial charge >= 0.3 is 0 Å². The Labute approximate surface area is 261 Å². The number of fused-ring (bicyclic) bond motifs is 2. The van der Waals surface area contributed by atoms with E-state index in [0.717, 1.165) is 22.6 Å². The summed E-state index contributed by atoms with van der Waals surface area (Å²) in [5.74, 6) is 5.52. The third kappa shape index (κ3) is 4.58. The minimum absolute atomic E-state index is 0.219. The summed E-state index contributed by atoms with van der Waals surface area (Å²) in [5, 5.41) is 6.08. The molecule has 2 aliphatic heterocycles. The summed E-state index contributed by atoms with van der Waals surface area (Å²) in [7, 11) is 4.33. The summed E-state index contributed by atoms with van der Waals surface area (Å²) < 4.78 is 8.41. The average Bonchev–Trinajstić information content (AvgIpc) is 3.50. The largest absolute Gasteiger partial charge is 0.477 e. The van der Waals surface area contributed by atoms with Crippen molar-refractivity contribution in [2.75, 3.05) is 30.5 Å². The van der Waals surface area contributed by atoms with Gasteiger partial charge in [0, 0.05) is 53.7 Å². The van der Waals surface area contributed by atoms with Gasteiger partial charge in [-0.2, -0.15) is 5.10 Å². The molecule has 0 amide bonds. The first-order valence-electron chi connectivity index (χ1n) is 14.9. The van der Waals surface area contributed by atoms with Crippen LogP contribution in [0.4, 0.5) is 11.4 Å². The van der Waals surface area contributed by atoms with Gasteiger partial charge in [-0.3, -0.25) is 0 Å². The molecule has 43 heavy (non-hydrogen) atoms. The highest BCUT2D eigenvalue weighted by Crippen LogP contribution is 2.60. The van der Waals surface area contributed by atoms with Crippen molar-refractivity contribution in [3.63, 3.8) is 0 Å². The van der Waals surface area contributed by atoms with Gasteiger partial charge in [-0.1, -0.05) is 94.1 Å². The minimum atomic E-state index is -2.65. The first-order valence-corrected chi connectivity index (χ1v) is 17.9. The summed E-state index contributed by atoms with van der Waals surface area (Å²) in [6.45, 7) is 13.8. The van der Waals surface area contributed by atoms with E-state index >= 15 is 0 Å². The number of benzene rings is 3. The predicted octanol–water partition coefficient (Wildman–Crippen LogP) is 8.22. The van der Waals surface area contributed by atoms with Crippen molar-refractivity contribution in [3.8, 4) is 11.6 Å². The number of ether oxygens (including phenoxy) is 1. The summed E-state index contributed by atoms with van der Waals surface area (Å²) in [6, 6.07) is 24.9. The number of allylic oxidation sites excluding steroid dienone is 2. The molecule has 5 nitrogen and oxygen atoms in total. The van der Waals surface area contributed by atoms with E-state index in [-0.39, 0.29) is 10.8 Å². The first kappa shape index (κ1) is 29.5. The molecule has 3 aromatic carbocycles. The Morgan fingerprint density at radius 1 is 0.767 bits per heavy atom. The lowest BCUT2D eigenvalue weighted by Crippen LogP contribution is -2.25. The van der Waals surface area contributed by atoms with E-state index in [1.54, 1.807) is 0 Å². The molecule has 0 unspecified atom stereocenters. The van der Waals surface area contributed by atoms with Crippen molar-refractivity contribution in [3.05, 3.63) is 119 Å². The number of nitrogens with zero attached hydrogens (tertiary/aromatic N) is 4. The van der Waals surface area contributed by atoms with Crippen molar-refractivity contribution in [1.29, 1.82) is 0 Å². The Bertz CT molecular complexity index is 1730. The van der Waals surface area contributed by atoms with Crippen LogP contribution in [-0.2, 0) is 22.6 Å². The maximum atomic E-state index is 7.00. The Kier molecular flexibility index (Phi) is 7.22. The molecule has 0 spiro atoms. The Balaban J connectivity index is 1.65. The molecule has 7 heteroatoms. The van der Waals surface area contributed by atoms with Gasteiger partial charge in [0.1, 0.15) is 0 Å². The smallest absolute Gasteiger partial charge is 0.226 e. The molecule has 2 aliphatic rings. The number of para-hydroxylation sites is 3. The van der Waals surface area contributed by atoms with Gasteiger partial charge in [0.05, 0.1) is 23.3 Å². The van der Waals surface area contributed by atoms with Crippen LogP contribution in [0.2, 0.25) is 0 Å². The van der Waals surface area contributed by atoms with Gasteiger partial charge in [-0.05, 0) is 60.9 Å². The van der Waals surface area contributed by atoms with Gasteiger partial charge in [-0.25, -0.2) is 4.68 Å². The van der Waals surface area contributed by atoms with Crippen molar-refractivity contribution in [1.82, 2.24) is 9.78 Å². The minimum Gasteiger partial charge on any atom is -0.477 e. The quantitative estimate of drug-likeness (QED) is 0.206. The average molecular weight is 609 g/mol. The van der Waals surface area contributed by atoms with Gasteiger partial charge in [-0.15, -0.1) is 0 Å². The van der Waals surface area contributed by atoms with Crippen LogP contribution >= 0.6 is 6.04 Å². The van der Waals surface area contributed by atoms with E-state index < -0.39 is 6.04 Å². The van der Waals surface area contributed by atoms with E-state index in [9.17, 15) is 0 Å². The standard InChI is InChI=1S/C36H41N4OPS/c1-9-41-34-33(25(2)37-40(34)26-17-11-10-12-18-26)42(43,23-31-35(3,4)27-19-13-15-21-29(27)38(31)7)24-32-36(5,6)28-20-14-16-22-30(28)39(32)8/h10-24H,9H2,1-8H3/b31-23-,32-24-. The summed E-state index contributed by atoms with van der Waals surface area (Å²) in [5.41, 5.74) is 8.90. The molecule has 0 bridgehead atoms. The molecule has 3 heterocycles. The summed E-state index contributed by atoms with van der Waals surface area (Å²) in [4.78, 5) is 4.65. The predicted molar refractivity (Wildman–Crippen MR) is 185 cm³/mol. The van der Waals surface area contributed by atoms with E-state index in [2.05, 4.69) is 131 Å². The lowest BCUT2D eigenvalue weighted by molar-refractivity contribution is 0.319. The van der Waals surface area contributed by atoms with E-state index in [4.69, 9.17) is 21.6 Å². The normalized spacial score (nSPS) is 18.8. The summed E-state index contributed by atoms with van der Waals surface area (Å²) in [6.07, 6.45) is 0. The lowest BCUT2D eigenvalue weighted by atomic mass is 9.84. The van der Waals surface area contributed by atoms with Gasteiger partial charge < -0.3 is 14.5 Å². The van der Waals surface area contributed by atoms with E-state index in [1.165, 1.54) is 33.9 Å². The molecular weight excluding hydrogens is 567 g/mol. The highest BCUT2D eigenvalue weighted by atomic mass is 32.4. The fraction of sp³-hybridized carbons (Fsp3) is 0.306. The molecule has 0 N–H and O–H groups in total. The van der Waals surface area contributed by atoms with Crippen LogP contribution in [-0.4, -0.2) is 30.5 Å². The maximum absolute atomic E-state index is 7.00. The van der Waals surface area contributed by atoms with Gasteiger partial charge in [0.2, 0.25) is 5.88 Å². The van der Waals surface area contributed by atoms with Crippen molar-refractivity contribution < 1.29 is 4.74 Å². The molecule has 0 fully saturated rings. The Hall–Kier alpha value is -3.60. The van der Waals surface area contributed by atoms with Crippen molar-refractivity contribution in [2.45, 2.75) is 52.4 Å². The zero-order valence-corrected chi connectivity index (χ0v) is 28.1. The molecule has 0 aliphatic carbocycles. The lowest BCUT2D eigenvalue weighted by Gasteiger charge is -2.30. The third-order valence-electron chi connectivity index (χ3n) is 9.13. The molecule has 6 rings (SSSR count). The molecule has 0 saturated carbocycles. The monoisotopic (exact) mass is 608 g/mol. The second kappa shape index (κ2) is 10.5. The molecular formula is C36H41N4OPS. The molecule has 222 valence electrons. The zero-order valence-electron chi connectivity index (χ0n) is 26.4. The molecule has 4 aromatic rings. The topological polar surface area (TPSA) is 33.5 Å². The second-order valence-corrected chi connectivity index (χ2v) is 16.8. The summed E-state index contributed by atoms with van der Waals surface area (Å²) >= 11 is 7.00. The van der Waals surface area contributed by atoms with Crippen molar-refractivity contribution >= 4 is 34.5 Å². The van der Waals surface area contributed by atoms with Crippen LogP contribution in [0, 0.1) is 6.92 Å². The molecule has 1 aromatic heterocycles. The Morgan fingerprint density at radius 3 is 1.70 bits per heavy atom. The highest BCUT2D eigenvalue weighted by molar-refractivity contribution is 8.21. The second-order valence-electron chi connectivity index (χ2n) is 12.6. The van der Waals surface area contributed by atoms with Crippen LogP contribution in [0.3, 0.4) is 0 Å². The van der Waals surface area contributed by atoms with Gasteiger partial charge in [0.25, 0.3) is 0 Å². The van der Waals surface area contributed by atoms with Crippen molar-refractivity contribution in [2.24, 2.45) is 0 Å². The number of aromatic nitrogens is 2. The SMILES string of the molecule is CCOc1c(P(=S)(/C=C2\N(C)c3ccccc3C2(C)C)/C=C2\N(C)c3ccccc3C2(C)C)c(C)nn1-c1ccccc1. The third-order valence-corrected chi connectivity index (χ3v) is 12.8. The maximum Gasteiger partial charge on any atom is 0.226 e. The van der Waals surface area contributed by atoms with Crippen LogP contribution in [0.25, 0.3) is 5.69 Å². The number of aryl methyl sites for hydroxylation is 1. The van der Waals surface area contributed by atoms with Crippen LogP contribution in [0.5, 0.6) is 5.88 Å². The van der Waals surface area contributed by atoms with E-state index in [0.29, 0.717) is 6.61 Å². The first-order chi connectivity index (χ1) is 20.4. The number of hydrogen-bond acceptors (Lipinski definition) is 5. The molecule has 0 saturated heterocycles. The van der Waals surface area contributed by atoms with Crippen LogP contribution < -0.4 is 19.8 Å². The fourth-order valence-electron chi connectivity index (χ4n) is 6.90. The molecule has 0 radical (unpaired) electrons. The zero-order chi connectivity index (χ0) is 30.7. The number of rotatable bonds is 6. The van der Waals surface area contributed by atoms with Crippen LogP contribution in [0.15, 0.2) is 102 Å². The fourth-order valence-corrected chi connectivity index (χ4v) is 11.2. The van der Waals surface area contributed by atoms with Crippen LogP contribution in [0.1, 0.15) is 51.4 Å². The number of likely N-dealkylation sites (N-methyl/N-ethyl adjacent to an activating group) is 2. The number of hydrogen-bond donors (Lipinski definition) is 0. The number of anilines is 2. The highest BCUT2D eigenvalue weighted by Gasteiger charge is 2.43.